The smallest absolute Gasteiger partial charge is 0.142 e. The summed E-state index contributed by atoms with van der Waals surface area (Å²) in [6.45, 7) is 3.85. The van der Waals surface area contributed by atoms with Crippen LogP contribution in [0.3, 0.4) is 0 Å². The van der Waals surface area contributed by atoms with Crippen molar-refractivity contribution in [2.45, 2.75) is 13.8 Å². The standard InChI is InChI=1S/C9H12FN/c1-9(2)5-3-4-8(11)7(10)6-9/h3-6H,11H2,1-2H3. The molecule has 1 aliphatic carbocycles. The molecular weight excluding hydrogens is 141 g/mol. The van der Waals surface area contributed by atoms with Gasteiger partial charge in [-0.15, -0.1) is 0 Å². The lowest BCUT2D eigenvalue weighted by Gasteiger charge is -2.12. The second-order valence-corrected chi connectivity index (χ2v) is 3.29. The lowest BCUT2D eigenvalue weighted by molar-refractivity contribution is 0.574. The molecule has 0 heterocycles. The molecular formula is C9H12FN. The van der Waals surface area contributed by atoms with Crippen molar-refractivity contribution in [2.24, 2.45) is 11.1 Å². The highest BCUT2D eigenvalue weighted by Crippen LogP contribution is 2.25. The van der Waals surface area contributed by atoms with Gasteiger partial charge >= 0.3 is 0 Å². The summed E-state index contributed by atoms with van der Waals surface area (Å²) in [5.74, 6) is -0.333. The Kier molecular flexibility index (Phi) is 1.85. The zero-order valence-corrected chi connectivity index (χ0v) is 6.76. The Morgan fingerprint density at radius 2 is 2.09 bits per heavy atom. The van der Waals surface area contributed by atoms with Crippen molar-refractivity contribution in [3.8, 4) is 0 Å². The second kappa shape index (κ2) is 2.53. The summed E-state index contributed by atoms with van der Waals surface area (Å²) in [5, 5.41) is 0. The monoisotopic (exact) mass is 153 g/mol. The van der Waals surface area contributed by atoms with E-state index in [9.17, 15) is 4.39 Å². The van der Waals surface area contributed by atoms with E-state index in [1.165, 1.54) is 6.08 Å². The molecule has 0 atom stereocenters. The highest BCUT2D eigenvalue weighted by atomic mass is 19.1. The molecule has 1 aliphatic rings. The summed E-state index contributed by atoms with van der Waals surface area (Å²) in [4.78, 5) is 0. The summed E-state index contributed by atoms with van der Waals surface area (Å²) in [6, 6.07) is 0. The third-order valence-electron chi connectivity index (χ3n) is 1.58. The van der Waals surface area contributed by atoms with Crippen LogP contribution in [0.2, 0.25) is 0 Å². The average Bonchev–Trinajstić information content (AvgIpc) is 1.93. The Labute approximate surface area is 66.1 Å². The van der Waals surface area contributed by atoms with Crippen LogP contribution in [0.1, 0.15) is 13.8 Å². The van der Waals surface area contributed by atoms with Crippen LogP contribution >= 0.6 is 0 Å². The minimum Gasteiger partial charge on any atom is -0.396 e. The van der Waals surface area contributed by atoms with E-state index in [4.69, 9.17) is 5.73 Å². The molecule has 60 valence electrons. The van der Waals surface area contributed by atoms with E-state index in [1.807, 2.05) is 19.9 Å². The molecule has 0 aromatic carbocycles. The molecule has 2 heteroatoms. The molecule has 0 aliphatic heterocycles. The summed E-state index contributed by atoms with van der Waals surface area (Å²) in [5.41, 5.74) is 5.33. The highest BCUT2D eigenvalue weighted by Gasteiger charge is 2.14. The van der Waals surface area contributed by atoms with E-state index >= 15 is 0 Å². The fourth-order valence-corrected chi connectivity index (χ4v) is 0.937. The van der Waals surface area contributed by atoms with E-state index in [2.05, 4.69) is 0 Å². The van der Waals surface area contributed by atoms with Crippen molar-refractivity contribution >= 4 is 0 Å². The largest absolute Gasteiger partial charge is 0.396 e. The van der Waals surface area contributed by atoms with Gasteiger partial charge in [0.1, 0.15) is 5.83 Å². The Hall–Kier alpha value is -1.05. The molecule has 0 saturated heterocycles. The number of hydrogen-bond acceptors (Lipinski definition) is 1. The lowest BCUT2D eigenvalue weighted by atomic mass is 9.93. The molecule has 0 radical (unpaired) electrons. The van der Waals surface area contributed by atoms with Gasteiger partial charge < -0.3 is 5.73 Å². The SMILES string of the molecule is CC1(C)C=CC=C(N)C(F)=C1. The number of rotatable bonds is 0. The highest BCUT2D eigenvalue weighted by molar-refractivity contribution is 5.32. The van der Waals surface area contributed by atoms with Crippen LogP contribution in [0.25, 0.3) is 0 Å². The van der Waals surface area contributed by atoms with Gasteiger partial charge in [0.05, 0.1) is 5.70 Å². The fourth-order valence-electron chi connectivity index (χ4n) is 0.937. The third kappa shape index (κ3) is 1.93. The topological polar surface area (TPSA) is 26.0 Å². The van der Waals surface area contributed by atoms with Crippen molar-refractivity contribution in [3.63, 3.8) is 0 Å². The maximum atomic E-state index is 13.0. The average molecular weight is 153 g/mol. The van der Waals surface area contributed by atoms with E-state index in [0.717, 1.165) is 0 Å². The maximum Gasteiger partial charge on any atom is 0.142 e. The van der Waals surface area contributed by atoms with Crippen LogP contribution < -0.4 is 5.73 Å². The van der Waals surface area contributed by atoms with E-state index in [1.54, 1.807) is 12.2 Å². The van der Waals surface area contributed by atoms with Gasteiger partial charge in [0, 0.05) is 5.41 Å². The van der Waals surface area contributed by atoms with Crippen molar-refractivity contribution < 1.29 is 4.39 Å². The molecule has 1 rings (SSSR count). The first-order valence-corrected chi connectivity index (χ1v) is 3.55. The zero-order chi connectivity index (χ0) is 8.48. The number of hydrogen-bond donors (Lipinski definition) is 1. The molecule has 2 N–H and O–H groups in total. The third-order valence-corrected chi connectivity index (χ3v) is 1.58. The van der Waals surface area contributed by atoms with Crippen LogP contribution in [-0.4, -0.2) is 0 Å². The van der Waals surface area contributed by atoms with E-state index < -0.39 is 0 Å². The number of nitrogens with two attached hydrogens (primary N) is 1. The minimum absolute atomic E-state index is 0.201. The predicted molar refractivity (Wildman–Crippen MR) is 44.4 cm³/mol. The van der Waals surface area contributed by atoms with Crippen LogP contribution in [0, 0.1) is 5.41 Å². The van der Waals surface area contributed by atoms with Gasteiger partial charge in [-0.3, -0.25) is 0 Å². The molecule has 0 bridgehead atoms. The van der Waals surface area contributed by atoms with Crippen molar-refractivity contribution in [3.05, 3.63) is 35.8 Å². The minimum atomic E-state index is -0.333. The van der Waals surface area contributed by atoms with Gasteiger partial charge in [-0.1, -0.05) is 26.0 Å². The maximum absolute atomic E-state index is 13.0. The van der Waals surface area contributed by atoms with E-state index in [-0.39, 0.29) is 16.9 Å². The molecule has 11 heavy (non-hydrogen) atoms. The normalized spacial score (nSPS) is 22.1. The number of halogens is 1. The van der Waals surface area contributed by atoms with Gasteiger partial charge in [0.15, 0.2) is 0 Å². The Morgan fingerprint density at radius 1 is 1.45 bits per heavy atom. The molecule has 0 spiro atoms. The molecule has 0 fully saturated rings. The van der Waals surface area contributed by atoms with Gasteiger partial charge in [0.25, 0.3) is 0 Å². The van der Waals surface area contributed by atoms with Crippen LogP contribution in [0.15, 0.2) is 35.8 Å². The molecule has 0 unspecified atom stereocenters. The summed E-state index contributed by atoms with van der Waals surface area (Å²) in [7, 11) is 0. The second-order valence-electron chi connectivity index (χ2n) is 3.29. The Bertz CT molecular complexity index is 246. The summed E-state index contributed by atoms with van der Waals surface area (Å²) >= 11 is 0. The first-order chi connectivity index (χ1) is 5.01. The van der Waals surface area contributed by atoms with Crippen LogP contribution in [0.4, 0.5) is 4.39 Å². The van der Waals surface area contributed by atoms with Crippen LogP contribution in [-0.2, 0) is 0 Å². The molecule has 0 aromatic rings. The van der Waals surface area contributed by atoms with Crippen molar-refractivity contribution in [1.29, 1.82) is 0 Å². The van der Waals surface area contributed by atoms with Crippen molar-refractivity contribution in [1.82, 2.24) is 0 Å². The molecule has 0 amide bonds. The van der Waals surface area contributed by atoms with E-state index in [0.29, 0.717) is 0 Å². The van der Waals surface area contributed by atoms with Gasteiger partial charge in [0.2, 0.25) is 0 Å². The van der Waals surface area contributed by atoms with Gasteiger partial charge in [-0.05, 0) is 12.2 Å². The lowest BCUT2D eigenvalue weighted by Crippen LogP contribution is -2.04. The summed E-state index contributed by atoms with van der Waals surface area (Å²) < 4.78 is 13.0. The quantitative estimate of drug-likeness (QED) is 0.567. The van der Waals surface area contributed by atoms with Crippen LogP contribution in [0.5, 0.6) is 0 Å². The summed E-state index contributed by atoms with van der Waals surface area (Å²) in [6.07, 6.45) is 6.77. The first kappa shape index (κ1) is 8.05. The van der Waals surface area contributed by atoms with Gasteiger partial charge in [-0.2, -0.15) is 0 Å². The van der Waals surface area contributed by atoms with Gasteiger partial charge in [-0.25, -0.2) is 4.39 Å². The zero-order valence-electron chi connectivity index (χ0n) is 6.76. The fraction of sp³-hybridized carbons (Fsp3) is 0.333. The molecule has 1 nitrogen and oxygen atoms in total. The predicted octanol–water partition coefficient (Wildman–Crippen LogP) is 2.28. The molecule has 0 saturated carbocycles. The Morgan fingerprint density at radius 3 is 2.73 bits per heavy atom. The first-order valence-electron chi connectivity index (χ1n) is 3.55. The Balaban J connectivity index is 3.03. The molecule has 0 aromatic heterocycles. The number of allylic oxidation sites excluding steroid dienone is 5. The van der Waals surface area contributed by atoms with Crippen molar-refractivity contribution in [2.75, 3.05) is 0 Å².